The van der Waals surface area contributed by atoms with E-state index < -0.39 is 23.7 Å². The second kappa shape index (κ2) is 10.7. The molecule has 1 unspecified atom stereocenters. The summed E-state index contributed by atoms with van der Waals surface area (Å²) >= 11 is 0. The van der Waals surface area contributed by atoms with Crippen molar-refractivity contribution < 1.29 is 28.6 Å². The van der Waals surface area contributed by atoms with E-state index in [1.165, 1.54) is 4.90 Å². The zero-order chi connectivity index (χ0) is 26.7. The van der Waals surface area contributed by atoms with Gasteiger partial charge in [0.1, 0.15) is 17.1 Å². The first-order valence-electron chi connectivity index (χ1n) is 12.6. The Bertz CT molecular complexity index is 1260. The number of carbonyl (C=O) groups excluding carboxylic acids is 1. The van der Waals surface area contributed by atoms with Crippen molar-refractivity contribution in [3.05, 3.63) is 71.1 Å². The highest BCUT2D eigenvalue weighted by Gasteiger charge is 2.43. The number of nitrogens with zero attached hydrogens (tertiary/aromatic N) is 2. The maximum atomic E-state index is 13.1. The fourth-order valence-corrected chi connectivity index (χ4v) is 4.61. The van der Waals surface area contributed by atoms with E-state index in [0.717, 1.165) is 22.6 Å². The number of aromatic nitrogens is 1. The zero-order valence-electron chi connectivity index (χ0n) is 22.0. The zero-order valence-corrected chi connectivity index (χ0v) is 22.0. The molecule has 0 bridgehead atoms. The van der Waals surface area contributed by atoms with Crippen LogP contribution in [-0.2, 0) is 22.4 Å². The summed E-state index contributed by atoms with van der Waals surface area (Å²) in [6.45, 7) is 9.46. The number of rotatable bonds is 7. The number of ether oxygens (including phenoxy) is 2. The summed E-state index contributed by atoms with van der Waals surface area (Å²) in [5.41, 5.74) is 2.42. The summed E-state index contributed by atoms with van der Waals surface area (Å²) in [5, 5.41) is 10.1. The van der Waals surface area contributed by atoms with Gasteiger partial charge in [-0.05, 0) is 75.9 Å². The number of carboxylic acid groups (broad SMARTS) is 1. The average Bonchev–Trinajstić information content (AvgIpc) is 3.22. The van der Waals surface area contributed by atoms with E-state index in [1.807, 2.05) is 56.3 Å². The third-order valence-electron chi connectivity index (χ3n) is 6.37. The van der Waals surface area contributed by atoms with Gasteiger partial charge in [0.15, 0.2) is 6.04 Å². The van der Waals surface area contributed by atoms with Crippen molar-refractivity contribution in [3.8, 4) is 17.2 Å². The van der Waals surface area contributed by atoms with E-state index in [-0.39, 0.29) is 6.04 Å². The number of amides is 1. The van der Waals surface area contributed by atoms with Gasteiger partial charge < -0.3 is 19.0 Å². The highest BCUT2D eigenvalue weighted by atomic mass is 16.6. The normalized spacial score (nSPS) is 17.3. The van der Waals surface area contributed by atoms with Crippen LogP contribution in [0.4, 0.5) is 4.79 Å². The smallest absolute Gasteiger partial charge is 0.411 e. The van der Waals surface area contributed by atoms with Gasteiger partial charge >= 0.3 is 12.1 Å². The van der Waals surface area contributed by atoms with Crippen molar-refractivity contribution >= 4 is 12.1 Å². The summed E-state index contributed by atoms with van der Waals surface area (Å²) in [6, 6.07) is 13.7. The van der Waals surface area contributed by atoms with Gasteiger partial charge in [0.05, 0.1) is 12.3 Å². The molecule has 8 nitrogen and oxygen atoms in total. The Morgan fingerprint density at radius 3 is 2.54 bits per heavy atom. The minimum atomic E-state index is -1.15. The van der Waals surface area contributed by atoms with Crippen molar-refractivity contribution in [2.24, 2.45) is 0 Å². The molecule has 1 aliphatic rings. The predicted octanol–water partition coefficient (Wildman–Crippen LogP) is 5.97. The molecule has 0 fully saturated rings. The predicted molar refractivity (Wildman–Crippen MR) is 139 cm³/mol. The molecule has 1 aromatic heterocycles. The molecule has 0 saturated carbocycles. The van der Waals surface area contributed by atoms with E-state index in [1.54, 1.807) is 26.8 Å². The van der Waals surface area contributed by atoms with Gasteiger partial charge in [0.2, 0.25) is 5.89 Å². The number of carbonyl (C=O) groups is 2. The Kier molecular flexibility index (Phi) is 7.57. The molecule has 2 aromatic carbocycles. The average molecular weight is 507 g/mol. The van der Waals surface area contributed by atoms with Crippen molar-refractivity contribution in [2.75, 3.05) is 6.61 Å². The first kappa shape index (κ1) is 26.3. The molecule has 2 heterocycles. The van der Waals surface area contributed by atoms with Crippen LogP contribution in [-0.4, -0.2) is 45.3 Å². The quantitative estimate of drug-likeness (QED) is 0.421. The van der Waals surface area contributed by atoms with Gasteiger partial charge in [-0.3, -0.25) is 4.90 Å². The lowest BCUT2D eigenvalue weighted by molar-refractivity contribution is -0.145. The summed E-state index contributed by atoms with van der Waals surface area (Å²) in [6.07, 6.45) is 1.07. The molecular weight excluding hydrogens is 472 g/mol. The van der Waals surface area contributed by atoms with E-state index >= 15 is 0 Å². The summed E-state index contributed by atoms with van der Waals surface area (Å²) < 4.78 is 17.4. The lowest BCUT2D eigenvalue weighted by Crippen LogP contribution is -2.51. The monoisotopic (exact) mass is 506 g/mol. The number of fused-ring (bicyclic) bond motifs is 1. The Hall–Kier alpha value is -3.81. The van der Waals surface area contributed by atoms with Crippen LogP contribution in [0.15, 0.2) is 52.9 Å². The van der Waals surface area contributed by atoms with Gasteiger partial charge in [-0.1, -0.05) is 31.2 Å². The molecule has 2 atom stereocenters. The minimum absolute atomic E-state index is 0.274. The van der Waals surface area contributed by atoms with Gasteiger partial charge in [-0.25, -0.2) is 14.6 Å². The topological polar surface area (TPSA) is 102 Å². The lowest BCUT2D eigenvalue weighted by atomic mass is 9.87. The van der Waals surface area contributed by atoms with Crippen molar-refractivity contribution in [1.29, 1.82) is 0 Å². The second-order valence-electron chi connectivity index (χ2n) is 10.2. The molecular formula is C29H34N2O6. The third-order valence-corrected chi connectivity index (χ3v) is 6.37. The van der Waals surface area contributed by atoms with Crippen LogP contribution in [0.25, 0.3) is 11.5 Å². The van der Waals surface area contributed by atoms with Crippen LogP contribution in [0.3, 0.4) is 0 Å². The molecule has 1 aliphatic heterocycles. The van der Waals surface area contributed by atoms with Crippen LogP contribution < -0.4 is 4.74 Å². The molecule has 0 radical (unpaired) electrons. The maximum Gasteiger partial charge on any atom is 0.411 e. The molecule has 8 heteroatoms. The van der Waals surface area contributed by atoms with E-state index in [4.69, 9.17) is 13.9 Å². The summed E-state index contributed by atoms with van der Waals surface area (Å²) in [4.78, 5) is 31.4. The number of benzene rings is 2. The second-order valence-corrected chi connectivity index (χ2v) is 10.2. The number of carboxylic acids is 1. The Morgan fingerprint density at radius 1 is 1.16 bits per heavy atom. The Balaban J connectivity index is 1.51. The number of oxazole rings is 1. The standard InChI is InChI=1S/C29H34N2O6/c1-6-21-16-20-12-13-22(17-23(20)25(27(32)33)31(21)28(34)37-29(3,4)5)35-15-14-24-18(2)36-26(30-24)19-10-8-7-9-11-19/h7-13,17,21,25H,6,14-16H2,1-5H3,(H,32,33)/t21-,25?/m0/s1. The molecule has 0 saturated heterocycles. The molecule has 1 N–H and O–H groups in total. The maximum absolute atomic E-state index is 13.1. The van der Waals surface area contributed by atoms with E-state index in [2.05, 4.69) is 4.98 Å². The van der Waals surface area contributed by atoms with Gasteiger partial charge in [-0.15, -0.1) is 0 Å². The molecule has 1 amide bonds. The van der Waals surface area contributed by atoms with Crippen molar-refractivity contribution in [3.63, 3.8) is 0 Å². The number of hydrogen-bond acceptors (Lipinski definition) is 6. The highest BCUT2D eigenvalue weighted by Crippen LogP contribution is 2.37. The number of aliphatic carboxylic acids is 1. The van der Waals surface area contributed by atoms with Crippen LogP contribution in [0.2, 0.25) is 0 Å². The first-order chi connectivity index (χ1) is 17.6. The fraction of sp³-hybridized carbons (Fsp3) is 0.414. The van der Waals surface area contributed by atoms with Crippen LogP contribution in [0.1, 0.15) is 62.7 Å². The van der Waals surface area contributed by atoms with Crippen LogP contribution >= 0.6 is 0 Å². The number of aryl methyl sites for hydroxylation is 1. The highest BCUT2D eigenvalue weighted by molar-refractivity contribution is 5.83. The van der Waals surface area contributed by atoms with E-state index in [9.17, 15) is 14.7 Å². The van der Waals surface area contributed by atoms with Crippen LogP contribution in [0.5, 0.6) is 5.75 Å². The van der Waals surface area contributed by atoms with Crippen molar-refractivity contribution in [2.45, 2.75) is 71.6 Å². The van der Waals surface area contributed by atoms with Gasteiger partial charge in [0.25, 0.3) is 0 Å². The van der Waals surface area contributed by atoms with E-state index in [0.29, 0.717) is 43.1 Å². The van der Waals surface area contributed by atoms with Gasteiger partial charge in [-0.2, -0.15) is 0 Å². The van der Waals surface area contributed by atoms with Crippen molar-refractivity contribution in [1.82, 2.24) is 9.88 Å². The van der Waals surface area contributed by atoms with Gasteiger partial charge in [0, 0.05) is 18.0 Å². The Labute approximate surface area is 217 Å². The number of hydrogen-bond donors (Lipinski definition) is 1. The SMILES string of the molecule is CC[C@H]1Cc2ccc(OCCc3nc(-c4ccccc4)oc3C)cc2C(C(=O)O)N1C(=O)OC(C)(C)C. The summed E-state index contributed by atoms with van der Waals surface area (Å²) in [7, 11) is 0. The van der Waals surface area contributed by atoms with Crippen LogP contribution in [0, 0.1) is 6.92 Å². The molecule has 0 aliphatic carbocycles. The molecule has 4 rings (SSSR count). The third kappa shape index (κ3) is 5.96. The Morgan fingerprint density at radius 2 is 1.89 bits per heavy atom. The fourth-order valence-electron chi connectivity index (χ4n) is 4.61. The molecule has 37 heavy (non-hydrogen) atoms. The minimum Gasteiger partial charge on any atom is -0.493 e. The molecule has 3 aromatic rings. The summed E-state index contributed by atoms with van der Waals surface area (Å²) in [5.74, 6) is 0.735. The largest absolute Gasteiger partial charge is 0.493 e. The lowest BCUT2D eigenvalue weighted by Gasteiger charge is -2.41. The molecule has 0 spiro atoms. The first-order valence-corrected chi connectivity index (χ1v) is 12.6. The molecule has 196 valence electrons.